The fourth-order valence-electron chi connectivity index (χ4n) is 2.60. The van der Waals surface area contributed by atoms with Crippen molar-refractivity contribution >= 4 is 5.97 Å². The lowest BCUT2D eigenvalue weighted by atomic mass is 9.99. The van der Waals surface area contributed by atoms with Gasteiger partial charge in [-0.2, -0.15) is 0 Å². The maximum Gasteiger partial charge on any atom is 0.323 e. The number of likely N-dealkylation sites (tertiary alicyclic amines) is 1. The van der Waals surface area contributed by atoms with Crippen LogP contribution in [0.15, 0.2) is 0 Å². The monoisotopic (exact) mass is 251 g/mol. The molecular formula is C11H17N5O2. The number of aliphatic carboxylic acids is 1. The molecule has 0 spiro atoms. The summed E-state index contributed by atoms with van der Waals surface area (Å²) in [4.78, 5) is 13.4. The number of hydrogen-bond donors (Lipinski definition) is 1. The third kappa shape index (κ3) is 1.78. The van der Waals surface area contributed by atoms with Crippen molar-refractivity contribution in [3.8, 4) is 0 Å². The minimum atomic E-state index is -0.777. The highest BCUT2D eigenvalue weighted by Crippen LogP contribution is 2.36. The highest BCUT2D eigenvalue weighted by Gasteiger charge is 2.44. The molecule has 98 valence electrons. The number of carbonyl (C=O) groups is 1. The topological polar surface area (TPSA) is 84.1 Å². The molecule has 1 aliphatic carbocycles. The summed E-state index contributed by atoms with van der Waals surface area (Å²) < 4.78 is 1.85. The van der Waals surface area contributed by atoms with E-state index in [0.717, 1.165) is 31.6 Å². The maximum atomic E-state index is 11.4. The molecule has 2 fully saturated rings. The van der Waals surface area contributed by atoms with E-state index in [4.69, 9.17) is 0 Å². The first-order chi connectivity index (χ1) is 8.61. The van der Waals surface area contributed by atoms with Gasteiger partial charge in [0, 0.05) is 0 Å². The molecule has 0 radical (unpaired) electrons. The van der Waals surface area contributed by atoms with Gasteiger partial charge in [0.25, 0.3) is 0 Å². The van der Waals surface area contributed by atoms with Crippen LogP contribution in [0.4, 0.5) is 0 Å². The van der Waals surface area contributed by atoms with Crippen molar-refractivity contribution < 1.29 is 9.90 Å². The van der Waals surface area contributed by atoms with Gasteiger partial charge in [-0.15, -0.1) is 5.10 Å². The molecule has 1 unspecified atom stereocenters. The number of carboxylic acids is 1. The minimum Gasteiger partial charge on any atom is -0.480 e. The van der Waals surface area contributed by atoms with Gasteiger partial charge in [-0.1, -0.05) is 0 Å². The molecule has 0 amide bonds. The van der Waals surface area contributed by atoms with E-state index in [9.17, 15) is 9.90 Å². The molecule has 2 aliphatic rings. The summed E-state index contributed by atoms with van der Waals surface area (Å²) in [6.07, 6.45) is 3.84. The van der Waals surface area contributed by atoms with Gasteiger partial charge in [-0.05, 0) is 49.6 Å². The number of nitrogens with zero attached hydrogens (tertiary/aromatic N) is 5. The summed E-state index contributed by atoms with van der Waals surface area (Å²) in [5.74, 6) is 0.0253. The predicted molar refractivity (Wildman–Crippen MR) is 61.8 cm³/mol. The molecule has 1 N–H and O–H groups in total. The van der Waals surface area contributed by atoms with Crippen LogP contribution in [0.5, 0.6) is 0 Å². The fourth-order valence-corrected chi connectivity index (χ4v) is 2.60. The van der Waals surface area contributed by atoms with Crippen molar-refractivity contribution in [1.82, 2.24) is 25.1 Å². The molecule has 1 aromatic rings. The van der Waals surface area contributed by atoms with Gasteiger partial charge in [0.05, 0.1) is 12.6 Å². The molecule has 18 heavy (non-hydrogen) atoms. The Labute approximate surface area is 105 Å². The van der Waals surface area contributed by atoms with Crippen LogP contribution >= 0.6 is 0 Å². The molecule has 7 nitrogen and oxygen atoms in total. The van der Waals surface area contributed by atoms with Crippen LogP contribution in [-0.4, -0.2) is 48.3 Å². The van der Waals surface area contributed by atoms with E-state index >= 15 is 0 Å². The van der Waals surface area contributed by atoms with E-state index in [1.54, 1.807) is 6.92 Å². The van der Waals surface area contributed by atoms with Crippen LogP contribution in [-0.2, 0) is 11.3 Å². The minimum absolute atomic E-state index is 0.425. The predicted octanol–water partition coefficient (Wildman–Crippen LogP) is 0.447. The molecular weight excluding hydrogens is 234 g/mol. The second kappa shape index (κ2) is 4.01. The highest BCUT2D eigenvalue weighted by molar-refractivity contribution is 5.78. The van der Waals surface area contributed by atoms with Crippen LogP contribution in [0, 0.1) is 0 Å². The Balaban J connectivity index is 1.79. The molecule has 1 saturated carbocycles. The Kier molecular flexibility index (Phi) is 2.58. The molecule has 1 saturated heterocycles. The number of carboxylic acid groups (broad SMARTS) is 1. The van der Waals surface area contributed by atoms with Crippen molar-refractivity contribution in [2.45, 2.75) is 50.7 Å². The van der Waals surface area contributed by atoms with Crippen molar-refractivity contribution in [1.29, 1.82) is 0 Å². The van der Waals surface area contributed by atoms with Crippen molar-refractivity contribution in [3.63, 3.8) is 0 Å². The smallest absolute Gasteiger partial charge is 0.323 e. The second-order valence-corrected chi connectivity index (χ2v) is 5.37. The van der Waals surface area contributed by atoms with E-state index in [-0.39, 0.29) is 0 Å². The van der Waals surface area contributed by atoms with Gasteiger partial charge >= 0.3 is 5.97 Å². The summed E-state index contributed by atoms with van der Waals surface area (Å²) in [7, 11) is 0. The summed E-state index contributed by atoms with van der Waals surface area (Å²) in [6.45, 7) is 3.10. The average molecular weight is 251 g/mol. The van der Waals surface area contributed by atoms with Crippen molar-refractivity contribution in [2.75, 3.05) is 6.54 Å². The Morgan fingerprint density at radius 2 is 2.33 bits per heavy atom. The van der Waals surface area contributed by atoms with E-state index in [1.165, 1.54) is 0 Å². The third-order valence-corrected chi connectivity index (χ3v) is 4.04. The zero-order valence-electron chi connectivity index (χ0n) is 10.4. The van der Waals surface area contributed by atoms with Crippen molar-refractivity contribution in [2.24, 2.45) is 0 Å². The van der Waals surface area contributed by atoms with Crippen LogP contribution in [0.1, 0.15) is 44.5 Å². The van der Waals surface area contributed by atoms with Gasteiger partial charge < -0.3 is 5.11 Å². The van der Waals surface area contributed by atoms with Crippen LogP contribution < -0.4 is 0 Å². The van der Waals surface area contributed by atoms with Crippen molar-refractivity contribution in [3.05, 3.63) is 5.82 Å². The number of aromatic nitrogens is 4. The normalized spacial score (nSPS) is 28.7. The lowest BCUT2D eigenvalue weighted by Crippen LogP contribution is -2.47. The SMILES string of the molecule is CC1(C(=O)O)CCCN1Cc1nnnn1C1CC1. The molecule has 0 bridgehead atoms. The summed E-state index contributed by atoms with van der Waals surface area (Å²) in [5.41, 5.74) is -0.777. The quantitative estimate of drug-likeness (QED) is 0.836. The van der Waals surface area contributed by atoms with Gasteiger partial charge in [-0.3, -0.25) is 9.69 Å². The number of tetrazole rings is 1. The largest absolute Gasteiger partial charge is 0.480 e. The molecule has 1 aliphatic heterocycles. The fraction of sp³-hybridized carbons (Fsp3) is 0.818. The lowest BCUT2D eigenvalue weighted by Gasteiger charge is -2.30. The van der Waals surface area contributed by atoms with Crippen LogP contribution in [0.2, 0.25) is 0 Å². The average Bonchev–Trinajstić information content (AvgIpc) is 2.96. The first-order valence-electron chi connectivity index (χ1n) is 6.36. The second-order valence-electron chi connectivity index (χ2n) is 5.37. The first kappa shape index (κ1) is 11.6. The first-order valence-corrected chi connectivity index (χ1v) is 6.36. The van der Waals surface area contributed by atoms with Gasteiger partial charge in [0.2, 0.25) is 0 Å². The molecule has 2 heterocycles. The van der Waals surface area contributed by atoms with Gasteiger partial charge in [0.1, 0.15) is 5.54 Å². The van der Waals surface area contributed by atoms with Gasteiger partial charge in [0.15, 0.2) is 5.82 Å². The zero-order valence-corrected chi connectivity index (χ0v) is 10.4. The number of rotatable bonds is 4. The maximum absolute atomic E-state index is 11.4. The van der Waals surface area contributed by atoms with Gasteiger partial charge in [-0.25, -0.2) is 4.68 Å². The standard InChI is InChI=1S/C11H17N5O2/c1-11(10(17)18)5-2-6-15(11)7-9-12-13-14-16(9)8-3-4-8/h8H,2-7H2,1H3,(H,17,18). The number of hydrogen-bond acceptors (Lipinski definition) is 5. The lowest BCUT2D eigenvalue weighted by molar-refractivity contribution is -0.149. The Bertz CT molecular complexity index is 470. The summed E-state index contributed by atoms with van der Waals surface area (Å²) in [5, 5.41) is 21.1. The van der Waals surface area contributed by atoms with Crippen LogP contribution in [0.3, 0.4) is 0 Å². The zero-order chi connectivity index (χ0) is 12.8. The molecule has 7 heteroatoms. The van der Waals surface area contributed by atoms with Crippen LogP contribution in [0.25, 0.3) is 0 Å². The highest BCUT2D eigenvalue weighted by atomic mass is 16.4. The van der Waals surface area contributed by atoms with E-state index < -0.39 is 11.5 Å². The Morgan fingerprint density at radius 1 is 1.56 bits per heavy atom. The summed E-state index contributed by atoms with van der Waals surface area (Å²) in [6, 6.07) is 0.425. The Hall–Kier alpha value is -1.50. The van der Waals surface area contributed by atoms with E-state index in [1.807, 2.05) is 9.58 Å². The molecule has 3 rings (SSSR count). The molecule has 0 aromatic carbocycles. The third-order valence-electron chi connectivity index (χ3n) is 4.04. The van der Waals surface area contributed by atoms with E-state index in [0.29, 0.717) is 19.0 Å². The van der Waals surface area contributed by atoms with E-state index in [2.05, 4.69) is 15.5 Å². The molecule has 1 atom stereocenters. The summed E-state index contributed by atoms with van der Waals surface area (Å²) >= 11 is 0. The Morgan fingerprint density at radius 3 is 3.00 bits per heavy atom. The molecule has 1 aromatic heterocycles.